The third-order valence-electron chi connectivity index (χ3n) is 1.20. The third-order valence-corrected chi connectivity index (χ3v) is 1.20. The SMILES string of the molecule is CCNC(=O)C(C)OC(C)C. The van der Waals surface area contributed by atoms with Gasteiger partial charge in [0.15, 0.2) is 0 Å². The van der Waals surface area contributed by atoms with E-state index in [0.717, 1.165) is 0 Å². The summed E-state index contributed by atoms with van der Waals surface area (Å²) in [5, 5.41) is 2.69. The van der Waals surface area contributed by atoms with Gasteiger partial charge < -0.3 is 10.1 Å². The minimum absolute atomic E-state index is 0.0406. The van der Waals surface area contributed by atoms with Crippen LogP contribution >= 0.6 is 0 Å². The molecule has 0 saturated carbocycles. The zero-order valence-corrected chi connectivity index (χ0v) is 7.68. The van der Waals surface area contributed by atoms with Crippen molar-refractivity contribution in [1.82, 2.24) is 5.32 Å². The van der Waals surface area contributed by atoms with Crippen LogP contribution in [0.1, 0.15) is 27.7 Å². The smallest absolute Gasteiger partial charge is 0.248 e. The summed E-state index contributed by atoms with van der Waals surface area (Å²) in [5.41, 5.74) is 0. The molecule has 3 nitrogen and oxygen atoms in total. The molecule has 1 unspecified atom stereocenters. The normalized spacial score (nSPS) is 13.2. The zero-order chi connectivity index (χ0) is 8.85. The molecule has 0 fully saturated rings. The van der Waals surface area contributed by atoms with E-state index in [2.05, 4.69) is 5.32 Å². The van der Waals surface area contributed by atoms with Crippen molar-refractivity contribution in [2.45, 2.75) is 39.9 Å². The van der Waals surface area contributed by atoms with Crippen LogP contribution in [0.4, 0.5) is 0 Å². The first-order chi connectivity index (χ1) is 5.07. The lowest BCUT2D eigenvalue weighted by molar-refractivity contribution is -0.134. The van der Waals surface area contributed by atoms with E-state index in [0.29, 0.717) is 6.54 Å². The number of nitrogens with one attached hydrogen (secondary N) is 1. The van der Waals surface area contributed by atoms with Crippen LogP contribution in [0, 0.1) is 0 Å². The summed E-state index contributed by atoms with van der Waals surface area (Å²) in [6.45, 7) is 8.13. The summed E-state index contributed by atoms with van der Waals surface area (Å²) >= 11 is 0. The summed E-state index contributed by atoms with van der Waals surface area (Å²) < 4.78 is 5.25. The van der Waals surface area contributed by atoms with Gasteiger partial charge in [-0.1, -0.05) is 0 Å². The van der Waals surface area contributed by atoms with Gasteiger partial charge in [-0.3, -0.25) is 4.79 Å². The van der Waals surface area contributed by atoms with Gasteiger partial charge >= 0.3 is 0 Å². The summed E-state index contributed by atoms with van der Waals surface area (Å²) in [7, 11) is 0. The summed E-state index contributed by atoms with van der Waals surface area (Å²) in [6.07, 6.45) is -0.234. The maximum absolute atomic E-state index is 11.0. The highest BCUT2D eigenvalue weighted by Crippen LogP contribution is 1.96. The monoisotopic (exact) mass is 159 g/mol. The highest BCUT2D eigenvalue weighted by Gasteiger charge is 2.12. The quantitative estimate of drug-likeness (QED) is 0.663. The predicted octanol–water partition coefficient (Wildman–Crippen LogP) is 0.936. The molecule has 11 heavy (non-hydrogen) atoms. The van der Waals surface area contributed by atoms with Gasteiger partial charge in [0.05, 0.1) is 6.10 Å². The number of hydrogen-bond acceptors (Lipinski definition) is 2. The van der Waals surface area contributed by atoms with Crippen LogP contribution in [0.5, 0.6) is 0 Å². The molecule has 0 aromatic rings. The second-order valence-corrected chi connectivity index (χ2v) is 2.72. The molecule has 0 heterocycles. The number of amides is 1. The van der Waals surface area contributed by atoms with Crippen molar-refractivity contribution in [2.24, 2.45) is 0 Å². The van der Waals surface area contributed by atoms with Gasteiger partial charge in [0.2, 0.25) is 5.91 Å². The molecule has 0 radical (unpaired) electrons. The third kappa shape index (κ3) is 4.79. The van der Waals surface area contributed by atoms with Crippen LogP contribution in [-0.4, -0.2) is 24.7 Å². The number of carbonyl (C=O) groups excluding carboxylic acids is 1. The zero-order valence-electron chi connectivity index (χ0n) is 7.68. The molecule has 0 spiro atoms. The van der Waals surface area contributed by atoms with Gasteiger partial charge in [0, 0.05) is 6.54 Å². The maximum atomic E-state index is 11.0. The van der Waals surface area contributed by atoms with E-state index in [-0.39, 0.29) is 18.1 Å². The number of carbonyl (C=O) groups is 1. The minimum atomic E-state index is -0.338. The Labute approximate surface area is 68.1 Å². The van der Waals surface area contributed by atoms with E-state index in [1.54, 1.807) is 6.92 Å². The number of hydrogen-bond donors (Lipinski definition) is 1. The second kappa shape index (κ2) is 5.13. The molecule has 0 aromatic carbocycles. The van der Waals surface area contributed by atoms with Crippen LogP contribution < -0.4 is 5.32 Å². The predicted molar refractivity (Wildman–Crippen MR) is 44.4 cm³/mol. The summed E-state index contributed by atoms with van der Waals surface area (Å²) in [4.78, 5) is 11.0. The molecule has 1 amide bonds. The average molecular weight is 159 g/mol. The number of likely N-dealkylation sites (N-methyl/N-ethyl adjacent to an activating group) is 1. The van der Waals surface area contributed by atoms with E-state index in [1.807, 2.05) is 20.8 Å². The van der Waals surface area contributed by atoms with Gasteiger partial charge in [0.25, 0.3) is 0 Å². The Balaban J connectivity index is 3.64. The first kappa shape index (κ1) is 10.4. The molecule has 66 valence electrons. The van der Waals surface area contributed by atoms with Gasteiger partial charge in [-0.25, -0.2) is 0 Å². The molecule has 1 N–H and O–H groups in total. The lowest BCUT2D eigenvalue weighted by Crippen LogP contribution is -2.35. The Kier molecular flexibility index (Phi) is 4.86. The first-order valence-corrected chi connectivity index (χ1v) is 4.01. The van der Waals surface area contributed by atoms with E-state index >= 15 is 0 Å². The van der Waals surface area contributed by atoms with Gasteiger partial charge in [-0.15, -0.1) is 0 Å². The van der Waals surface area contributed by atoms with Crippen LogP contribution in [0.2, 0.25) is 0 Å². The summed E-state index contributed by atoms with van der Waals surface area (Å²) in [6, 6.07) is 0. The summed E-state index contributed by atoms with van der Waals surface area (Å²) in [5.74, 6) is -0.0406. The van der Waals surface area contributed by atoms with Gasteiger partial charge in [0.1, 0.15) is 6.10 Å². The lowest BCUT2D eigenvalue weighted by atomic mass is 10.3. The van der Waals surface area contributed by atoms with E-state index in [4.69, 9.17) is 4.74 Å². The molecule has 3 heteroatoms. The van der Waals surface area contributed by atoms with E-state index in [9.17, 15) is 4.79 Å². The molecule has 0 aliphatic carbocycles. The Morgan fingerprint density at radius 3 is 2.36 bits per heavy atom. The largest absolute Gasteiger partial charge is 0.366 e. The van der Waals surface area contributed by atoms with Crippen molar-refractivity contribution in [2.75, 3.05) is 6.54 Å². The Morgan fingerprint density at radius 1 is 1.45 bits per heavy atom. The van der Waals surface area contributed by atoms with Crippen molar-refractivity contribution in [3.05, 3.63) is 0 Å². The van der Waals surface area contributed by atoms with Crippen LogP contribution in [-0.2, 0) is 9.53 Å². The van der Waals surface area contributed by atoms with Crippen molar-refractivity contribution in [1.29, 1.82) is 0 Å². The van der Waals surface area contributed by atoms with Gasteiger partial charge in [-0.2, -0.15) is 0 Å². The highest BCUT2D eigenvalue weighted by molar-refractivity contribution is 5.80. The molecule has 1 atom stereocenters. The average Bonchev–Trinajstić information content (AvgIpc) is 1.86. The van der Waals surface area contributed by atoms with Crippen molar-refractivity contribution in [3.8, 4) is 0 Å². The van der Waals surface area contributed by atoms with Crippen LogP contribution in [0.25, 0.3) is 0 Å². The van der Waals surface area contributed by atoms with Crippen molar-refractivity contribution < 1.29 is 9.53 Å². The fourth-order valence-corrected chi connectivity index (χ4v) is 0.788. The molecule has 0 aliphatic rings. The standard InChI is InChI=1S/C8H17NO2/c1-5-9-8(10)7(4)11-6(2)3/h6-7H,5H2,1-4H3,(H,9,10). The Hall–Kier alpha value is -0.570. The van der Waals surface area contributed by atoms with Crippen LogP contribution in [0.15, 0.2) is 0 Å². The highest BCUT2D eigenvalue weighted by atomic mass is 16.5. The molecular formula is C8H17NO2. The fourth-order valence-electron chi connectivity index (χ4n) is 0.788. The Morgan fingerprint density at radius 2 is 2.00 bits per heavy atom. The molecule has 0 aromatic heterocycles. The van der Waals surface area contributed by atoms with E-state index in [1.165, 1.54) is 0 Å². The lowest BCUT2D eigenvalue weighted by Gasteiger charge is -2.14. The maximum Gasteiger partial charge on any atom is 0.248 e. The number of ether oxygens (including phenoxy) is 1. The fraction of sp³-hybridized carbons (Fsp3) is 0.875. The molecule has 0 rings (SSSR count). The molecule has 0 aliphatic heterocycles. The van der Waals surface area contributed by atoms with Crippen molar-refractivity contribution in [3.63, 3.8) is 0 Å². The molecular weight excluding hydrogens is 142 g/mol. The first-order valence-electron chi connectivity index (χ1n) is 4.01. The molecule has 0 saturated heterocycles. The van der Waals surface area contributed by atoms with Gasteiger partial charge in [-0.05, 0) is 27.7 Å². The van der Waals surface area contributed by atoms with Crippen LogP contribution in [0.3, 0.4) is 0 Å². The van der Waals surface area contributed by atoms with E-state index < -0.39 is 0 Å². The topological polar surface area (TPSA) is 38.3 Å². The molecule has 0 bridgehead atoms. The minimum Gasteiger partial charge on any atom is -0.366 e. The Bertz CT molecular complexity index is 123. The second-order valence-electron chi connectivity index (χ2n) is 2.72. The number of rotatable bonds is 4. The van der Waals surface area contributed by atoms with Crippen molar-refractivity contribution >= 4 is 5.91 Å².